The SMILES string of the molecule is CCC(C)(C)Nc1ccc(OC)nn1. The van der Waals surface area contributed by atoms with E-state index in [9.17, 15) is 0 Å². The van der Waals surface area contributed by atoms with Crippen LogP contribution in [0.3, 0.4) is 0 Å². The van der Waals surface area contributed by atoms with Crippen molar-refractivity contribution in [3.8, 4) is 5.88 Å². The van der Waals surface area contributed by atoms with Crippen molar-refractivity contribution in [2.75, 3.05) is 12.4 Å². The summed E-state index contributed by atoms with van der Waals surface area (Å²) in [6, 6.07) is 3.66. The molecule has 14 heavy (non-hydrogen) atoms. The highest BCUT2D eigenvalue weighted by atomic mass is 16.5. The predicted octanol–water partition coefficient (Wildman–Crippen LogP) is 2.09. The number of anilines is 1. The highest BCUT2D eigenvalue weighted by Crippen LogP contribution is 2.16. The first-order valence-electron chi connectivity index (χ1n) is 4.73. The number of hydrogen-bond donors (Lipinski definition) is 1. The Labute approximate surface area is 84.7 Å². The Balaban J connectivity index is 2.69. The maximum Gasteiger partial charge on any atom is 0.233 e. The summed E-state index contributed by atoms with van der Waals surface area (Å²) < 4.78 is 4.92. The summed E-state index contributed by atoms with van der Waals surface area (Å²) >= 11 is 0. The molecule has 4 heteroatoms. The largest absolute Gasteiger partial charge is 0.480 e. The third-order valence-corrected chi connectivity index (χ3v) is 2.20. The van der Waals surface area contributed by atoms with Gasteiger partial charge in [0.05, 0.1) is 7.11 Å². The zero-order valence-electron chi connectivity index (χ0n) is 9.16. The molecule has 0 aromatic carbocycles. The Kier molecular flexibility index (Phi) is 3.28. The minimum Gasteiger partial charge on any atom is -0.480 e. The van der Waals surface area contributed by atoms with Crippen molar-refractivity contribution in [3.63, 3.8) is 0 Å². The molecule has 78 valence electrons. The Morgan fingerprint density at radius 3 is 2.50 bits per heavy atom. The zero-order valence-corrected chi connectivity index (χ0v) is 9.16. The standard InChI is InChI=1S/C10H17N3O/c1-5-10(2,3)11-8-6-7-9(14-4)13-12-8/h6-7H,5H2,1-4H3,(H,11,12). The molecule has 0 aliphatic carbocycles. The molecule has 1 N–H and O–H groups in total. The summed E-state index contributed by atoms with van der Waals surface area (Å²) in [4.78, 5) is 0. The van der Waals surface area contributed by atoms with Gasteiger partial charge in [-0.3, -0.25) is 0 Å². The fraction of sp³-hybridized carbons (Fsp3) is 0.600. The predicted molar refractivity (Wildman–Crippen MR) is 56.6 cm³/mol. The number of aromatic nitrogens is 2. The van der Waals surface area contributed by atoms with Gasteiger partial charge >= 0.3 is 0 Å². The van der Waals surface area contributed by atoms with Gasteiger partial charge < -0.3 is 10.1 Å². The van der Waals surface area contributed by atoms with Crippen molar-refractivity contribution < 1.29 is 4.74 Å². The average Bonchev–Trinajstić information content (AvgIpc) is 2.19. The van der Waals surface area contributed by atoms with Gasteiger partial charge in [0.2, 0.25) is 5.88 Å². The van der Waals surface area contributed by atoms with Crippen LogP contribution in [0, 0.1) is 0 Å². The summed E-state index contributed by atoms with van der Waals surface area (Å²) in [5.41, 5.74) is 0.0449. The van der Waals surface area contributed by atoms with Gasteiger partial charge in [-0.2, -0.15) is 0 Å². The van der Waals surface area contributed by atoms with Crippen LogP contribution in [0.25, 0.3) is 0 Å². The molecule has 0 aliphatic rings. The van der Waals surface area contributed by atoms with Gasteiger partial charge in [-0.05, 0) is 26.3 Å². The molecule has 1 aromatic heterocycles. The van der Waals surface area contributed by atoms with Crippen LogP contribution >= 0.6 is 0 Å². The normalized spacial score (nSPS) is 11.1. The van der Waals surface area contributed by atoms with Crippen LogP contribution in [-0.4, -0.2) is 22.8 Å². The highest BCUT2D eigenvalue weighted by Gasteiger charge is 2.14. The average molecular weight is 195 g/mol. The number of ether oxygens (including phenoxy) is 1. The van der Waals surface area contributed by atoms with E-state index < -0.39 is 0 Å². The van der Waals surface area contributed by atoms with Gasteiger partial charge in [0.15, 0.2) is 0 Å². The Bertz CT molecular complexity index is 282. The molecule has 0 radical (unpaired) electrons. The lowest BCUT2D eigenvalue weighted by Gasteiger charge is -2.24. The van der Waals surface area contributed by atoms with E-state index in [-0.39, 0.29) is 5.54 Å². The second-order valence-corrected chi connectivity index (χ2v) is 3.82. The Hall–Kier alpha value is -1.32. The lowest BCUT2D eigenvalue weighted by Crippen LogP contribution is -2.30. The number of rotatable bonds is 4. The fourth-order valence-corrected chi connectivity index (χ4v) is 0.931. The molecule has 1 heterocycles. The molecule has 1 rings (SSSR count). The summed E-state index contributed by atoms with van der Waals surface area (Å²) in [6.07, 6.45) is 1.03. The molecular formula is C10H17N3O. The van der Waals surface area contributed by atoms with Crippen molar-refractivity contribution in [3.05, 3.63) is 12.1 Å². The first-order chi connectivity index (χ1) is 6.57. The van der Waals surface area contributed by atoms with Crippen LogP contribution in [0.2, 0.25) is 0 Å². The van der Waals surface area contributed by atoms with Crippen LogP contribution in [0.4, 0.5) is 5.82 Å². The van der Waals surface area contributed by atoms with E-state index >= 15 is 0 Å². The highest BCUT2D eigenvalue weighted by molar-refractivity contribution is 5.36. The Morgan fingerprint density at radius 1 is 1.36 bits per heavy atom. The fourth-order valence-electron chi connectivity index (χ4n) is 0.931. The smallest absolute Gasteiger partial charge is 0.233 e. The van der Waals surface area contributed by atoms with Gasteiger partial charge in [0, 0.05) is 11.6 Å². The van der Waals surface area contributed by atoms with E-state index in [1.165, 1.54) is 0 Å². The van der Waals surface area contributed by atoms with E-state index in [2.05, 4.69) is 36.3 Å². The summed E-state index contributed by atoms with van der Waals surface area (Å²) in [5.74, 6) is 1.31. The Morgan fingerprint density at radius 2 is 2.07 bits per heavy atom. The second-order valence-electron chi connectivity index (χ2n) is 3.82. The van der Waals surface area contributed by atoms with Gasteiger partial charge in [-0.1, -0.05) is 6.92 Å². The molecule has 4 nitrogen and oxygen atoms in total. The third kappa shape index (κ3) is 2.87. The van der Waals surface area contributed by atoms with Gasteiger partial charge in [-0.15, -0.1) is 10.2 Å². The molecule has 0 saturated heterocycles. The van der Waals surface area contributed by atoms with E-state index in [1.807, 2.05) is 6.07 Å². The van der Waals surface area contributed by atoms with E-state index in [0.717, 1.165) is 12.2 Å². The van der Waals surface area contributed by atoms with Gasteiger partial charge in [0.1, 0.15) is 5.82 Å². The molecule has 0 saturated carbocycles. The van der Waals surface area contributed by atoms with E-state index in [4.69, 9.17) is 4.74 Å². The summed E-state index contributed by atoms with van der Waals surface area (Å²) in [7, 11) is 1.58. The van der Waals surface area contributed by atoms with E-state index in [0.29, 0.717) is 5.88 Å². The van der Waals surface area contributed by atoms with Crippen molar-refractivity contribution >= 4 is 5.82 Å². The van der Waals surface area contributed by atoms with Gasteiger partial charge in [0.25, 0.3) is 0 Å². The lowest BCUT2D eigenvalue weighted by molar-refractivity contribution is 0.392. The number of nitrogens with one attached hydrogen (secondary N) is 1. The van der Waals surface area contributed by atoms with Crippen molar-refractivity contribution in [2.45, 2.75) is 32.7 Å². The van der Waals surface area contributed by atoms with Crippen LogP contribution in [0.15, 0.2) is 12.1 Å². The number of nitrogens with zero attached hydrogens (tertiary/aromatic N) is 2. The topological polar surface area (TPSA) is 47.0 Å². The molecule has 0 amide bonds. The van der Waals surface area contributed by atoms with Crippen molar-refractivity contribution in [1.82, 2.24) is 10.2 Å². The molecule has 0 atom stereocenters. The van der Waals surface area contributed by atoms with Crippen LogP contribution < -0.4 is 10.1 Å². The molecule has 0 aliphatic heterocycles. The quantitative estimate of drug-likeness (QED) is 0.799. The molecule has 0 unspecified atom stereocenters. The molecule has 0 spiro atoms. The first kappa shape index (κ1) is 10.8. The minimum atomic E-state index is 0.0449. The summed E-state index contributed by atoms with van der Waals surface area (Å²) in [6.45, 7) is 6.38. The third-order valence-electron chi connectivity index (χ3n) is 2.20. The monoisotopic (exact) mass is 195 g/mol. The molecular weight excluding hydrogens is 178 g/mol. The lowest BCUT2D eigenvalue weighted by atomic mass is 10.0. The number of hydrogen-bond acceptors (Lipinski definition) is 4. The maximum atomic E-state index is 4.92. The molecule has 0 bridgehead atoms. The molecule has 1 aromatic rings. The van der Waals surface area contributed by atoms with Crippen LogP contribution in [0.5, 0.6) is 5.88 Å². The first-order valence-corrected chi connectivity index (χ1v) is 4.73. The second kappa shape index (κ2) is 4.26. The van der Waals surface area contributed by atoms with Gasteiger partial charge in [-0.25, -0.2) is 0 Å². The van der Waals surface area contributed by atoms with Crippen LogP contribution in [0.1, 0.15) is 27.2 Å². The maximum absolute atomic E-state index is 4.92. The minimum absolute atomic E-state index is 0.0449. The van der Waals surface area contributed by atoms with Crippen molar-refractivity contribution in [1.29, 1.82) is 0 Å². The number of methoxy groups -OCH3 is 1. The van der Waals surface area contributed by atoms with Crippen LogP contribution in [-0.2, 0) is 0 Å². The van der Waals surface area contributed by atoms with E-state index in [1.54, 1.807) is 13.2 Å². The zero-order chi connectivity index (χ0) is 10.6. The van der Waals surface area contributed by atoms with Crippen molar-refractivity contribution in [2.24, 2.45) is 0 Å². The molecule has 0 fully saturated rings. The summed E-state index contributed by atoms with van der Waals surface area (Å²) in [5, 5.41) is 11.2.